The number of benzene rings is 1. The van der Waals surface area contributed by atoms with Crippen LogP contribution < -0.4 is 10.3 Å². The van der Waals surface area contributed by atoms with Crippen molar-refractivity contribution in [2.45, 2.75) is 44.6 Å². The van der Waals surface area contributed by atoms with Gasteiger partial charge in [0.25, 0.3) is 5.56 Å². The number of ether oxygens (including phenoxy) is 1. The van der Waals surface area contributed by atoms with E-state index in [2.05, 4.69) is 25.1 Å². The lowest BCUT2D eigenvalue weighted by Gasteiger charge is -2.31. The molecule has 4 aromatic rings. The van der Waals surface area contributed by atoms with Gasteiger partial charge in [-0.1, -0.05) is 25.4 Å². The summed E-state index contributed by atoms with van der Waals surface area (Å²) in [5.74, 6) is 1.03. The molecule has 0 amide bonds. The Balaban J connectivity index is 1.62. The minimum atomic E-state index is -3.76. The van der Waals surface area contributed by atoms with Crippen LogP contribution in [-0.2, 0) is 23.0 Å². The first kappa shape index (κ1) is 27.0. The summed E-state index contributed by atoms with van der Waals surface area (Å²) in [7, 11) is -1.79. The van der Waals surface area contributed by atoms with Crippen molar-refractivity contribution in [2.24, 2.45) is 0 Å². The predicted molar refractivity (Wildman–Crippen MR) is 143 cm³/mol. The molecular formula is C25H32N8O5S. The van der Waals surface area contributed by atoms with E-state index in [0.717, 1.165) is 12.8 Å². The fourth-order valence-electron chi connectivity index (χ4n) is 4.56. The van der Waals surface area contributed by atoms with Gasteiger partial charge in [-0.2, -0.15) is 14.4 Å². The fraction of sp³-hybridized carbons (Fsp3) is 0.480. The van der Waals surface area contributed by atoms with Crippen LogP contribution in [0, 0.1) is 0 Å². The molecule has 1 saturated heterocycles. The van der Waals surface area contributed by atoms with Gasteiger partial charge in [0.2, 0.25) is 16.4 Å². The van der Waals surface area contributed by atoms with Crippen molar-refractivity contribution in [1.29, 1.82) is 0 Å². The molecule has 0 aliphatic carbocycles. The Morgan fingerprint density at radius 1 is 1.13 bits per heavy atom. The van der Waals surface area contributed by atoms with Gasteiger partial charge in [-0.15, -0.1) is 0 Å². The number of hydrogen-bond acceptors (Lipinski definition) is 10. The minimum absolute atomic E-state index is 0.121. The van der Waals surface area contributed by atoms with Gasteiger partial charge in [0, 0.05) is 26.2 Å². The molecule has 4 heterocycles. The van der Waals surface area contributed by atoms with Crippen molar-refractivity contribution in [3.05, 3.63) is 46.5 Å². The average Bonchev–Trinajstić information content (AvgIpc) is 3.56. The van der Waals surface area contributed by atoms with Crippen molar-refractivity contribution in [3.8, 4) is 17.1 Å². The minimum Gasteiger partial charge on any atom is -0.493 e. The van der Waals surface area contributed by atoms with Crippen LogP contribution in [0.4, 0.5) is 0 Å². The molecule has 14 heteroatoms. The Bertz CT molecular complexity index is 1610. The smallest absolute Gasteiger partial charge is 0.277 e. The number of piperazine rings is 1. The summed E-state index contributed by atoms with van der Waals surface area (Å²) < 4.78 is 40.8. The van der Waals surface area contributed by atoms with Crippen LogP contribution >= 0.6 is 0 Å². The second-order valence-electron chi connectivity index (χ2n) is 9.53. The number of hydrogen-bond donors (Lipinski definition) is 1. The number of sulfonamides is 1. The molecular weight excluding hydrogens is 524 g/mol. The van der Waals surface area contributed by atoms with E-state index in [1.807, 2.05) is 20.9 Å². The second-order valence-corrected chi connectivity index (χ2v) is 11.5. The van der Waals surface area contributed by atoms with Gasteiger partial charge in [-0.3, -0.25) is 4.79 Å². The molecule has 1 fully saturated rings. The normalized spacial score (nSPS) is 15.3. The number of nitrogens with zero attached hydrogens (tertiary/aromatic N) is 7. The maximum atomic E-state index is 13.5. The van der Waals surface area contributed by atoms with Gasteiger partial charge in [0.1, 0.15) is 23.6 Å². The summed E-state index contributed by atoms with van der Waals surface area (Å²) in [6.45, 7) is 6.69. The lowest BCUT2D eigenvalue weighted by Crippen LogP contribution is -2.47. The molecule has 1 aliphatic rings. The SMILES string of the molecule is CCCOc1ccc(S(=O)(=O)N2CCN(C)CC2)cc1-c1nc2c(CCC)nn(Cc3ncon3)c2c(=O)[nH]1. The van der Waals surface area contributed by atoms with Gasteiger partial charge >= 0.3 is 0 Å². The van der Waals surface area contributed by atoms with Gasteiger partial charge in [-0.05, 0) is 38.1 Å². The van der Waals surface area contributed by atoms with Crippen LogP contribution in [0.25, 0.3) is 22.4 Å². The Hall–Kier alpha value is -3.62. The summed E-state index contributed by atoms with van der Waals surface area (Å²) in [6, 6.07) is 4.71. The summed E-state index contributed by atoms with van der Waals surface area (Å²) in [5, 5.41) is 8.44. The molecule has 1 aliphatic heterocycles. The molecule has 3 aromatic heterocycles. The Morgan fingerprint density at radius 3 is 2.62 bits per heavy atom. The summed E-state index contributed by atoms with van der Waals surface area (Å²) >= 11 is 0. The fourth-order valence-corrected chi connectivity index (χ4v) is 6.01. The molecule has 1 aromatic carbocycles. The van der Waals surface area contributed by atoms with E-state index in [-0.39, 0.29) is 22.8 Å². The zero-order valence-electron chi connectivity index (χ0n) is 22.3. The van der Waals surface area contributed by atoms with E-state index in [1.54, 1.807) is 12.1 Å². The molecule has 0 unspecified atom stereocenters. The Kier molecular flexibility index (Phi) is 7.77. The van der Waals surface area contributed by atoms with Gasteiger partial charge in [0.15, 0.2) is 11.3 Å². The monoisotopic (exact) mass is 556 g/mol. The highest BCUT2D eigenvalue weighted by atomic mass is 32.2. The van der Waals surface area contributed by atoms with E-state index < -0.39 is 15.6 Å². The third kappa shape index (κ3) is 5.44. The number of aromatic nitrogens is 6. The predicted octanol–water partition coefficient (Wildman–Crippen LogP) is 1.90. The summed E-state index contributed by atoms with van der Waals surface area (Å²) in [5.41, 5.74) is 1.35. The van der Waals surface area contributed by atoms with Gasteiger partial charge in [0.05, 0.1) is 22.8 Å². The van der Waals surface area contributed by atoms with Crippen LogP contribution in [0.1, 0.15) is 38.2 Å². The highest BCUT2D eigenvalue weighted by Gasteiger charge is 2.29. The van der Waals surface area contributed by atoms with Crippen molar-refractivity contribution in [3.63, 3.8) is 0 Å². The molecule has 39 heavy (non-hydrogen) atoms. The van der Waals surface area contributed by atoms with Crippen molar-refractivity contribution in [2.75, 3.05) is 39.8 Å². The van der Waals surface area contributed by atoms with E-state index in [9.17, 15) is 13.2 Å². The lowest BCUT2D eigenvalue weighted by molar-refractivity contribution is 0.222. The van der Waals surface area contributed by atoms with Crippen molar-refractivity contribution < 1.29 is 17.7 Å². The molecule has 0 bridgehead atoms. The molecule has 5 rings (SSSR count). The number of aromatic amines is 1. The maximum absolute atomic E-state index is 13.5. The Morgan fingerprint density at radius 2 is 1.92 bits per heavy atom. The van der Waals surface area contributed by atoms with Crippen LogP contribution in [0.2, 0.25) is 0 Å². The molecule has 13 nitrogen and oxygen atoms in total. The average molecular weight is 557 g/mol. The topological polar surface area (TPSA) is 152 Å². The highest BCUT2D eigenvalue weighted by Crippen LogP contribution is 2.32. The zero-order valence-corrected chi connectivity index (χ0v) is 23.1. The number of H-pyrrole nitrogens is 1. The number of rotatable bonds is 10. The number of nitrogens with one attached hydrogen (secondary N) is 1. The summed E-state index contributed by atoms with van der Waals surface area (Å²) in [4.78, 5) is 27.3. The first-order valence-electron chi connectivity index (χ1n) is 13.0. The first-order valence-corrected chi connectivity index (χ1v) is 14.5. The van der Waals surface area contributed by atoms with Gasteiger partial charge in [-0.25, -0.2) is 18.1 Å². The molecule has 0 spiro atoms. The number of aryl methyl sites for hydroxylation is 1. The van der Waals surface area contributed by atoms with E-state index in [0.29, 0.717) is 67.6 Å². The molecule has 0 atom stereocenters. The van der Waals surface area contributed by atoms with E-state index in [4.69, 9.17) is 14.2 Å². The Labute approximate surface area is 225 Å². The second kappa shape index (κ2) is 11.2. The molecule has 0 radical (unpaired) electrons. The maximum Gasteiger partial charge on any atom is 0.277 e. The van der Waals surface area contributed by atoms with Crippen LogP contribution in [0.15, 0.2) is 38.8 Å². The number of likely N-dealkylation sites (N-methyl/N-ethyl adjacent to an activating group) is 1. The molecule has 208 valence electrons. The van der Waals surface area contributed by atoms with Crippen molar-refractivity contribution in [1.82, 2.24) is 39.1 Å². The van der Waals surface area contributed by atoms with Crippen LogP contribution in [0.3, 0.4) is 0 Å². The molecule has 1 N–H and O–H groups in total. The standard InChI is InChI=1S/C25H32N8O5S/c1-4-6-19-22-23(33(29-19)15-21-26-16-38-30-21)25(34)28-24(27-22)18-14-17(7-8-20(18)37-13-5-2)39(35,36)32-11-9-31(3)10-12-32/h7-8,14,16H,4-6,9-13,15H2,1-3H3,(H,27,28,34). The van der Waals surface area contributed by atoms with E-state index in [1.165, 1.54) is 21.4 Å². The third-order valence-electron chi connectivity index (χ3n) is 6.62. The van der Waals surface area contributed by atoms with Crippen molar-refractivity contribution >= 4 is 21.1 Å². The number of fused-ring (bicyclic) bond motifs is 1. The quantitative estimate of drug-likeness (QED) is 0.306. The van der Waals surface area contributed by atoms with E-state index >= 15 is 0 Å². The van der Waals surface area contributed by atoms with Crippen LogP contribution in [0.5, 0.6) is 5.75 Å². The van der Waals surface area contributed by atoms with Gasteiger partial charge < -0.3 is 19.1 Å². The zero-order chi connectivity index (χ0) is 27.6. The van der Waals surface area contributed by atoms with Crippen LogP contribution in [-0.4, -0.2) is 87.3 Å². The summed E-state index contributed by atoms with van der Waals surface area (Å²) in [6.07, 6.45) is 3.37. The first-order chi connectivity index (χ1) is 18.8. The third-order valence-corrected chi connectivity index (χ3v) is 8.52. The lowest BCUT2D eigenvalue weighted by atomic mass is 10.1. The highest BCUT2D eigenvalue weighted by molar-refractivity contribution is 7.89. The largest absolute Gasteiger partial charge is 0.493 e. The molecule has 0 saturated carbocycles.